The first kappa shape index (κ1) is 15.3. The van der Waals surface area contributed by atoms with Gasteiger partial charge in [-0.3, -0.25) is 0 Å². The average molecular weight is 406 g/mol. The zero-order valence-electron chi connectivity index (χ0n) is 10.6. The van der Waals surface area contributed by atoms with Crippen LogP contribution in [0.25, 0.3) is 0 Å². The maximum atomic E-state index is 11.9. The molecule has 0 bridgehead atoms. The highest BCUT2D eigenvalue weighted by atomic mass is 79.9. The minimum absolute atomic E-state index is 0.0350. The van der Waals surface area contributed by atoms with Gasteiger partial charge in [-0.05, 0) is 40.9 Å². The molecule has 5 nitrogen and oxygen atoms in total. The van der Waals surface area contributed by atoms with E-state index in [2.05, 4.69) is 42.5 Å². The molecule has 1 fully saturated rings. The van der Waals surface area contributed by atoms with Gasteiger partial charge in [-0.25, -0.2) is 9.59 Å². The molecule has 2 amide bonds. The van der Waals surface area contributed by atoms with Gasteiger partial charge in [0.15, 0.2) is 0 Å². The molecule has 1 saturated carbocycles. The van der Waals surface area contributed by atoms with Crippen molar-refractivity contribution < 1.29 is 14.7 Å². The van der Waals surface area contributed by atoms with Crippen LogP contribution in [-0.4, -0.2) is 23.1 Å². The van der Waals surface area contributed by atoms with E-state index in [1.54, 1.807) is 6.07 Å². The lowest BCUT2D eigenvalue weighted by Crippen LogP contribution is -2.36. The first-order chi connectivity index (χ1) is 9.47. The molecule has 0 unspecified atom stereocenters. The number of urea groups is 1. The van der Waals surface area contributed by atoms with E-state index >= 15 is 0 Å². The number of carbonyl (C=O) groups is 2. The van der Waals surface area contributed by atoms with Gasteiger partial charge in [0.05, 0.1) is 11.3 Å². The molecule has 0 aromatic heterocycles. The van der Waals surface area contributed by atoms with Gasteiger partial charge < -0.3 is 15.7 Å². The van der Waals surface area contributed by atoms with Crippen LogP contribution in [0.15, 0.2) is 21.1 Å². The molecule has 0 radical (unpaired) electrons. The Morgan fingerprint density at radius 3 is 2.45 bits per heavy atom. The summed E-state index contributed by atoms with van der Waals surface area (Å²) < 4.78 is 1.15. The Morgan fingerprint density at radius 2 is 1.85 bits per heavy atom. The van der Waals surface area contributed by atoms with Gasteiger partial charge in [0.1, 0.15) is 0 Å². The normalized spacial score (nSPS) is 15.1. The highest BCUT2D eigenvalue weighted by Gasteiger charge is 2.20. The molecule has 1 aromatic carbocycles. The van der Waals surface area contributed by atoms with Crippen molar-refractivity contribution in [3.05, 3.63) is 26.6 Å². The Kier molecular flexibility index (Phi) is 5.04. The standard InChI is InChI=1S/C13H14Br2N2O3/c14-7-5-9(12(18)19)11(10(15)6-7)17-13(20)16-8-3-1-2-4-8/h5-6,8H,1-4H2,(H,18,19)(H2,16,17,20). The number of amides is 2. The van der Waals surface area contributed by atoms with Gasteiger partial charge in [-0.1, -0.05) is 28.8 Å². The highest BCUT2D eigenvalue weighted by molar-refractivity contribution is 9.11. The Hall–Kier alpha value is -1.08. The average Bonchev–Trinajstić information content (AvgIpc) is 2.84. The van der Waals surface area contributed by atoms with E-state index in [0.29, 0.717) is 8.95 Å². The number of carboxylic acids is 1. The third-order valence-corrected chi connectivity index (χ3v) is 4.30. The molecule has 1 aliphatic rings. The van der Waals surface area contributed by atoms with Crippen molar-refractivity contribution in [2.24, 2.45) is 0 Å². The van der Waals surface area contributed by atoms with Crippen molar-refractivity contribution >= 4 is 49.5 Å². The number of hydrogen-bond donors (Lipinski definition) is 3. The summed E-state index contributed by atoms with van der Waals surface area (Å²) in [6.45, 7) is 0. The summed E-state index contributed by atoms with van der Waals surface area (Å²) in [5, 5.41) is 14.7. The van der Waals surface area contributed by atoms with Crippen LogP contribution in [0.5, 0.6) is 0 Å². The second-order valence-electron chi connectivity index (χ2n) is 4.70. The molecular weight excluding hydrogens is 392 g/mol. The lowest BCUT2D eigenvalue weighted by molar-refractivity contribution is 0.0698. The number of rotatable bonds is 3. The molecule has 2 rings (SSSR count). The quantitative estimate of drug-likeness (QED) is 0.711. The number of aromatic carboxylic acids is 1. The Morgan fingerprint density at radius 1 is 1.20 bits per heavy atom. The van der Waals surface area contributed by atoms with E-state index in [4.69, 9.17) is 0 Å². The number of benzene rings is 1. The van der Waals surface area contributed by atoms with Crippen LogP contribution in [0, 0.1) is 0 Å². The smallest absolute Gasteiger partial charge is 0.337 e. The third-order valence-electron chi connectivity index (χ3n) is 3.21. The monoisotopic (exact) mass is 404 g/mol. The summed E-state index contributed by atoms with van der Waals surface area (Å²) in [7, 11) is 0. The first-order valence-electron chi connectivity index (χ1n) is 6.27. The molecule has 0 heterocycles. The minimum Gasteiger partial charge on any atom is -0.478 e. The summed E-state index contributed by atoms with van der Waals surface area (Å²) in [6, 6.07) is 2.95. The van der Waals surface area contributed by atoms with E-state index in [1.807, 2.05) is 0 Å². The lowest BCUT2D eigenvalue weighted by Gasteiger charge is -2.15. The van der Waals surface area contributed by atoms with Crippen LogP contribution in [0.1, 0.15) is 36.0 Å². The number of anilines is 1. The summed E-state index contributed by atoms with van der Waals surface area (Å²) in [6.07, 6.45) is 4.18. The SMILES string of the molecule is O=C(Nc1c(Br)cc(Br)cc1C(=O)O)NC1CCCC1. The summed E-state index contributed by atoms with van der Waals surface area (Å²) in [5.41, 5.74) is 0.295. The fraction of sp³-hybridized carbons (Fsp3) is 0.385. The van der Waals surface area contributed by atoms with Gasteiger partial charge in [0, 0.05) is 15.0 Å². The largest absolute Gasteiger partial charge is 0.478 e. The Labute approximate surface area is 133 Å². The molecule has 20 heavy (non-hydrogen) atoms. The highest BCUT2D eigenvalue weighted by Crippen LogP contribution is 2.31. The molecule has 0 aliphatic heterocycles. The zero-order valence-corrected chi connectivity index (χ0v) is 13.8. The van der Waals surface area contributed by atoms with Gasteiger partial charge >= 0.3 is 12.0 Å². The molecular formula is C13H14Br2N2O3. The van der Waals surface area contributed by atoms with Gasteiger partial charge in [0.2, 0.25) is 0 Å². The molecule has 7 heteroatoms. The molecule has 3 N–H and O–H groups in total. The van der Waals surface area contributed by atoms with Crippen LogP contribution in [0.3, 0.4) is 0 Å². The predicted molar refractivity (Wildman–Crippen MR) is 83.2 cm³/mol. The van der Waals surface area contributed by atoms with Crippen molar-refractivity contribution in [3.63, 3.8) is 0 Å². The number of halogens is 2. The van der Waals surface area contributed by atoms with Gasteiger partial charge in [0.25, 0.3) is 0 Å². The van der Waals surface area contributed by atoms with E-state index in [1.165, 1.54) is 6.07 Å². The fourth-order valence-corrected chi connectivity index (χ4v) is 3.60. The van der Waals surface area contributed by atoms with Crippen molar-refractivity contribution in [1.82, 2.24) is 5.32 Å². The number of nitrogens with one attached hydrogen (secondary N) is 2. The zero-order chi connectivity index (χ0) is 14.7. The van der Waals surface area contributed by atoms with Crippen LogP contribution >= 0.6 is 31.9 Å². The van der Waals surface area contributed by atoms with E-state index in [0.717, 1.165) is 25.7 Å². The molecule has 1 aromatic rings. The van der Waals surface area contributed by atoms with E-state index in [9.17, 15) is 14.7 Å². The predicted octanol–water partition coefficient (Wildman–Crippen LogP) is 3.97. The van der Waals surface area contributed by atoms with Crippen LogP contribution < -0.4 is 10.6 Å². The van der Waals surface area contributed by atoms with Gasteiger partial charge in [-0.2, -0.15) is 0 Å². The molecule has 0 saturated heterocycles. The number of hydrogen-bond acceptors (Lipinski definition) is 2. The third kappa shape index (κ3) is 3.73. The Balaban J connectivity index is 2.15. The van der Waals surface area contributed by atoms with Crippen LogP contribution in [-0.2, 0) is 0 Å². The van der Waals surface area contributed by atoms with Crippen molar-refractivity contribution in [3.8, 4) is 0 Å². The second kappa shape index (κ2) is 6.58. The summed E-state index contributed by atoms with van der Waals surface area (Å²) in [5.74, 6) is -1.09. The molecule has 1 aliphatic carbocycles. The minimum atomic E-state index is -1.09. The van der Waals surface area contributed by atoms with Crippen LogP contribution in [0.4, 0.5) is 10.5 Å². The van der Waals surface area contributed by atoms with Crippen molar-refractivity contribution in [2.75, 3.05) is 5.32 Å². The second-order valence-corrected chi connectivity index (χ2v) is 6.47. The molecule has 0 atom stereocenters. The topological polar surface area (TPSA) is 78.4 Å². The first-order valence-corrected chi connectivity index (χ1v) is 7.86. The maximum absolute atomic E-state index is 11.9. The van der Waals surface area contributed by atoms with Gasteiger partial charge in [-0.15, -0.1) is 0 Å². The lowest BCUT2D eigenvalue weighted by atomic mass is 10.2. The van der Waals surface area contributed by atoms with Crippen molar-refractivity contribution in [1.29, 1.82) is 0 Å². The van der Waals surface area contributed by atoms with Crippen LogP contribution in [0.2, 0.25) is 0 Å². The number of carbonyl (C=O) groups excluding carboxylic acids is 1. The molecule has 0 spiro atoms. The Bertz CT molecular complexity index is 543. The molecule has 108 valence electrons. The van der Waals surface area contributed by atoms with Crippen molar-refractivity contribution in [2.45, 2.75) is 31.7 Å². The summed E-state index contributed by atoms with van der Waals surface area (Å²) in [4.78, 5) is 23.2. The van der Waals surface area contributed by atoms with E-state index in [-0.39, 0.29) is 23.3 Å². The number of carboxylic acid groups (broad SMARTS) is 1. The van der Waals surface area contributed by atoms with E-state index < -0.39 is 5.97 Å². The summed E-state index contributed by atoms with van der Waals surface area (Å²) >= 11 is 6.50. The maximum Gasteiger partial charge on any atom is 0.337 e. The fourth-order valence-electron chi connectivity index (χ4n) is 2.27.